The third kappa shape index (κ3) is 3.86. The molecule has 1 aliphatic heterocycles. The minimum absolute atomic E-state index is 0.109. The van der Waals surface area contributed by atoms with Crippen LogP contribution < -0.4 is 10.9 Å². The molecule has 0 aromatic carbocycles. The van der Waals surface area contributed by atoms with E-state index in [1.165, 1.54) is 18.3 Å². The SMILES string of the molecule is O=C(Nc1ccc(=O)[nH]c1)C1CCN(C(=O)C(F)(F)F)CC1. The lowest BCUT2D eigenvalue weighted by molar-refractivity contribution is -0.186. The monoisotopic (exact) mass is 317 g/mol. The Morgan fingerprint density at radius 3 is 2.36 bits per heavy atom. The van der Waals surface area contributed by atoms with Crippen molar-refractivity contribution >= 4 is 17.5 Å². The number of carbonyl (C=O) groups is 2. The maximum atomic E-state index is 12.3. The maximum Gasteiger partial charge on any atom is 0.471 e. The van der Waals surface area contributed by atoms with Crippen molar-refractivity contribution in [2.45, 2.75) is 19.0 Å². The first-order chi connectivity index (χ1) is 10.3. The van der Waals surface area contributed by atoms with Crippen LogP contribution in [0.4, 0.5) is 18.9 Å². The lowest BCUT2D eigenvalue weighted by atomic mass is 9.95. The molecule has 2 N–H and O–H groups in total. The van der Waals surface area contributed by atoms with E-state index in [-0.39, 0.29) is 37.4 Å². The minimum Gasteiger partial charge on any atom is -0.335 e. The van der Waals surface area contributed by atoms with Crippen LogP contribution in [0, 0.1) is 5.92 Å². The zero-order valence-corrected chi connectivity index (χ0v) is 11.4. The van der Waals surface area contributed by atoms with Gasteiger partial charge in [-0.2, -0.15) is 13.2 Å². The average molecular weight is 317 g/mol. The number of amides is 2. The highest BCUT2D eigenvalue weighted by Crippen LogP contribution is 2.24. The van der Waals surface area contributed by atoms with Crippen LogP contribution in [0.5, 0.6) is 0 Å². The molecular weight excluding hydrogens is 303 g/mol. The number of hydrogen-bond donors (Lipinski definition) is 2. The smallest absolute Gasteiger partial charge is 0.335 e. The highest BCUT2D eigenvalue weighted by Gasteiger charge is 2.43. The summed E-state index contributed by atoms with van der Waals surface area (Å²) >= 11 is 0. The number of piperidine rings is 1. The second-order valence-electron chi connectivity index (χ2n) is 5.00. The summed E-state index contributed by atoms with van der Waals surface area (Å²) in [5, 5.41) is 2.58. The van der Waals surface area contributed by atoms with Crippen LogP contribution in [0.3, 0.4) is 0 Å². The standard InChI is InChI=1S/C13H14F3N3O3/c14-13(15,16)12(22)19-5-3-8(4-6-19)11(21)18-9-1-2-10(20)17-7-9/h1-2,7-8H,3-6H2,(H,17,20)(H,18,21). The normalized spacial score (nSPS) is 16.4. The van der Waals surface area contributed by atoms with Gasteiger partial charge in [0.25, 0.3) is 0 Å². The second kappa shape index (κ2) is 6.20. The van der Waals surface area contributed by atoms with Gasteiger partial charge in [-0.15, -0.1) is 0 Å². The quantitative estimate of drug-likeness (QED) is 0.857. The van der Waals surface area contributed by atoms with Crippen LogP contribution in [0.15, 0.2) is 23.1 Å². The summed E-state index contributed by atoms with van der Waals surface area (Å²) in [5.74, 6) is -2.68. The summed E-state index contributed by atoms with van der Waals surface area (Å²) in [6, 6.07) is 2.68. The first-order valence-corrected chi connectivity index (χ1v) is 6.63. The Morgan fingerprint density at radius 1 is 1.23 bits per heavy atom. The van der Waals surface area contributed by atoms with Gasteiger partial charge in [0.15, 0.2) is 0 Å². The highest BCUT2D eigenvalue weighted by atomic mass is 19.4. The number of rotatable bonds is 2. The van der Waals surface area contributed by atoms with E-state index in [1.54, 1.807) is 0 Å². The van der Waals surface area contributed by atoms with Crippen molar-refractivity contribution in [1.29, 1.82) is 0 Å². The second-order valence-corrected chi connectivity index (χ2v) is 5.00. The van der Waals surface area contributed by atoms with Crippen LogP contribution >= 0.6 is 0 Å². The highest BCUT2D eigenvalue weighted by molar-refractivity contribution is 5.92. The van der Waals surface area contributed by atoms with Gasteiger partial charge in [0.1, 0.15) is 0 Å². The van der Waals surface area contributed by atoms with E-state index in [2.05, 4.69) is 10.3 Å². The van der Waals surface area contributed by atoms with Crippen LogP contribution in [0.25, 0.3) is 0 Å². The largest absolute Gasteiger partial charge is 0.471 e. The molecule has 0 spiro atoms. The van der Waals surface area contributed by atoms with Crippen molar-refractivity contribution in [2.75, 3.05) is 18.4 Å². The molecule has 1 fully saturated rings. The van der Waals surface area contributed by atoms with Crippen molar-refractivity contribution in [2.24, 2.45) is 5.92 Å². The molecule has 22 heavy (non-hydrogen) atoms. The van der Waals surface area contributed by atoms with Gasteiger partial charge in [-0.1, -0.05) is 0 Å². The Kier molecular flexibility index (Phi) is 4.53. The Balaban J connectivity index is 1.88. The Labute approximate surface area is 123 Å². The third-order valence-corrected chi connectivity index (χ3v) is 3.45. The fraction of sp³-hybridized carbons (Fsp3) is 0.462. The number of halogens is 3. The molecule has 0 atom stereocenters. The number of anilines is 1. The summed E-state index contributed by atoms with van der Waals surface area (Å²) < 4.78 is 36.9. The molecular formula is C13H14F3N3O3. The van der Waals surface area contributed by atoms with E-state index >= 15 is 0 Å². The average Bonchev–Trinajstić information content (AvgIpc) is 2.48. The van der Waals surface area contributed by atoms with Crippen LogP contribution in [0.1, 0.15) is 12.8 Å². The van der Waals surface area contributed by atoms with Gasteiger partial charge in [0.2, 0.25) is 11.5 Å². The zero-order chi connectivity index (χ0) is 16.3. The van der Waals surface area contributed by atoms with Gasteiger partial charge in [-0.25, -0.2) is 0 Å². The van der Waals surface area contributed by atoms with E-state index in [0.29, 0.717) is 10.6 Å². The van der Waals surface area contributed by atoms with Crippen molar-refractivity contribution in [3.8, 4) is 0 Å². The molecule has 6 nitrogen and oxygen atoms in total. The van der Waals surface area contributed by atoms with Crippen LogP contribution in [-0.4, -0.2) is 41.0 Å². The fourth-order valence-electron chi connectivity index (χ4n) is 2.26. The number of carbonyl (C=O) groups excluding carboxylic acids is 2. The molecule has 0 aliphatic carbocycles. The van der Waals surface area contributed by atoms with E-state index in [1.807, 2.05) is 0 Å². The van der Waals surface area contributed by atoms with E-state index in [4.69, 9.17) is 0 Å². The van der Waals surface area contributed by atoms with Crippen LogP contribution in [-0.2, 0) is 9.59 Å². The number of likely N-dealkylation sites (tertiary alicyclic amines) is 1. The molecule has 0 radical (unpaired) electrons. The lowest BCUT2D eigenvalue weighted by Crippen LogP contribution is -2.46. The van der Waals surface area contributed by atoms with Crippen molar-refractivity contribution in [3.05, 3.63) is 28.7 Å². The molecule has 1 saturated heterocycles. The molecule has 0 saturated carbocycles. The van der Waals surface area contributed by atoms with Gasteiger partial charge in [-0.3, -0.25) is 14.4 Å². The molecule has 9 heteroatoms. The van der Waals surface area contributed by atoms with Crippen LogP contribution in [0.2, 0.25) is 0 Å². The summed E-state index contributed by atoms with van der Waals surface area (Å²) in [4.78, 5) is 37.1. The molecule has 2 heterocycles. The Bertz CT molecular complexity index is 598. The number of aromatic nitrogens is 1. The molecule has 1 aliphatic rings. The topological polar surface area (TPSA) is 82.3 Å². The van der Waals surface area contributed by atoms with E-state index < -0.39 is 18.0 Å². The first kappa shape index (κ1) is 16.1. The van der Waals surface area contributed by atoms with Gasteiger partial charge in [-0.05, 0) is 18.9 Å². The number of alkyl halides is 3. The molecule has 1 aromatic heterocycles. The first-order valence-electron chi connectivity index (χ1n) is 6.63. The minimum atomic E-state index is -4.88. The number of aromatic amines is 1. The van der Waals surface area contributed by atoms with E-state index in [0.717, 1.165) is 0 Å². The number of nitrogens with one attached hydrogen (secondary N) is 2. The molecule has 0 unspecified atom stereocenters. The lowest BCUT2D eigenvalue weighted by Gasteiger charge is -2.31. The van der Waals surface area contributed by atoms with Gasteiger partial charge in [0.05, 0.1) is 5.69 Å². The van der Waals surface area contributed by atoms with E-state index in [9.17, 15) is 27.6 Å². The molecule has 2 amide bonds. The maximum absolute atomic E-state index is 12.3. The summed E-state index contributed by atoms with van der Waals surface area (Å²) in [7, 11) is 0. The van der Waals surface area contributed by atoms with Gasteiger partial charge < -0.3 is 15.2 Å². The zero-order valence-electron chi connectivity index (χ0n) is 11.4. The predicted octanol–water partition coefficient (Wildman–Crippen LogP) is 1.11. The van der Waals surface area contributed by atoms with Gasteiger partial charge in [0, 0.05) is 31.3 Å². The molecule has 2 rings (SSSR count). The summed E-state index contributed by atoms with van der Waals surface area (Å²) in [6.07, 6.45) is -3.22. The fourth-order valence-corrected chi connectivity index (χ4v) is 2.26. The van der Waals surface area contributed by atoms with Gasteiger partial charge >= 0.3 is 12.1 Å². The number of pyridine rings is 1. The van der Waals surface area contributed by atoms with Crippen molar-refractivity contribution < 1.29 is 22.8 Å². The molecule has 0 bridgehead atoms. The Hall–Kier alpha value is -2.32. The van der Waals surface area contributed by atoms with Crippen molar-refractivity contribution in [1.82, 2.24) is 9.88 Å². The van der Waals surface area contributed by atoms with Crippen molar-refractivity contribution in [3.63, 3.8) is 0 Å². The number of hydrogen-bond acceptors (Lipinski definition) is 3. The predicted molar refractivity (Wildman–Crippen MR) is 71.1 cm³/mol. The summed E-state index contributed by atoms with van der Waals surface area (Å²) in [6.45, 7) is -0.218. The molecule has 1 aromatic rings. The summed E-state index contributed by atoms with van der Waals surface area (Å²) in [5.41, 5.74) is 0.0929. The third-order valence-electron chi connectivity index (χ3n) is 3.45. The number of H-pyrrole nitrogens is 1. The number of nitrogens with zero attached hydrogens (tertiary/aromatic N) is 1. The molecule has 120 valence electrons. The Morgan fingerprint density at radius 2 is 1.86 bits per heavy atom.